The first-order chi connectivity index (χ1) is 40.3. The summed E-state index contributed by atoms with van der Waals surface area (Å²) in [5.74, 6) is -6.94. The van der Waals surface area contributed by atoms with Crippen LogP contribution in [-0.4, -0.2) is 137 Å². The average Bonchev–Trinajstić information content (AvgIpc) is 3.33. The summed E-state index contributed by atoms with van der Waals surface area (Å²) in [6, 6.07) is 12.3. The minimum Gasteiger partial charge on any atom is -0.496 e. The molecule has 20 N–H and O–H groups in total. The number of amides is 8. The standard InChI is InChI=1S/C57H79N13O14/c1-81-45-20-16-33(28-37(45)50(63)73)65-55(78)44(15-7-11-27-61)70-53(76)40-31-36(19-23-48(40)84-32-49(71)72)67-57(80)43(14-6-10-26-60)69-52(75)39-30-35(18-22-47(39)83-3)66-56(79)42(13-5-9-25-59)68-51(74)38-29-34(17-21-46(38)82-2)64-54(77)41(62)12-4-8-24-58/h16-23,28-31,41-44H,4-15,24-27,32,58-62H2,1-3H3,(H2,63,73)(H,64,77)(H,65,78)(H,66,79)(H,67,80)(H,68,74)(H,69,75)(H,70,76)(H,71,72). The summed E-state index contributed by atoms with van der Waals surface area (Å²) < 4.78 is 21.6. The van der Waals surface area contributed by atoms with E-state index >= 15 is 0 Å². The number of hydrogen-bond acceptors (Lipinski definition) is 18. The number of hydrogen-bond donors (Lipinski definition) is 14. The van der Waals surface area contributed by atoms with Crippen LogP contribution in [0.1, 0.15) is 118 Å². The maximum atomic E-state index is 14.3. The Labute approximate surface area is 486 Å². The van der Waals surface area contributed by atoms with Gasteiger partial charge in [-0.1, -0.05) is 6.42 Å². The number of carbonyl (C=O) groups excluding carboxylic acids is 8. The molecule has 4 atom stereocenters. The summed E-state index contributed by atoms with van der Waals surface area (Å²) in [5.41, 5.74) is 34.6. The second-order valence-electron chi connectivity index (χ2n) is 19.3. The lowest BCUT2D eigenvalue weighted by atomic mass is 10.1. The molecule has 0 bridgehead atoms. The van der Waals surface area contributed by atoms with Gasteiger partial charge in [-0.25, -0.2) is 4.79 Å². The molecular formula is C57H79N13O14. The van der Waals surface area contributed by atoms with Crippen molar-refractivity contribution in [2.75, 3.05) is 75.4 Å². The van der Waals surface area contributed by atoms with E-state index in [1.165, 1.54) is 88.1 Å². The number of aliphatic carboxylic acids is 1. The number of anilines is 4. The Morgan fingerprint density at radius 2 is 0.726 bits per heavy atom. The summed E-state index contributed by atoms with van der Waals surface area (Å²) in [4.78, 5) is 121. The number of benzene rings is 4. The lowest BCUT2D eigenvalue weighted by molar-refractivity contribution is -0.139. The van der Waals surface area contributed by atoms with Gasteiger partial charge in [0, 0.05) is 22.7 Å². The highest BCUT2D eigenvalue weighted by Crippen LogP contribution is 2.28. The fourth-order valence-corrected chi connectivity index (χ4v) is 8.51. The third-order valence-electron chi connectivity index (χ3n) is 13.0. The van der Waals surface area contributed by atoms with Gasteiger partial charge < -0.3 is 95.7 Å². The Bertz CT molecular complexity index is 2930. The number of nitrogens with one attached hydrogen (secondary N) is 7. The quantitative estimate of drug-likeness (QED) is 0.0288. The van der Waals surface area contributed by atoms with Crippen LogP contribution in [0.25, 0.3) is 0 Å². The van der Waals surface area contributed by atoms with Gasteiger partial charge in [-0.3, -0.25) is 38.4 Å². The molecule has 8 amide bonds. The zero-order valence-electron chi connectivity index (χ0n) is 47.5. The van der Waals surface area contributed by atoms with E-state index in [2.05, 4.69) is 37.2 Å². The number of rotatable bonds is 37. The minimum atomic E-state index is -1.36. The van der Waals surface area contributed by atoms with E-state index in [-0.39, 0.29) is 100 Å². The topological polar surface area (TPSA) is 451 Å². The van der Waals surface area contributed by atoms with Crippen molar-refractivity contribution in [3.8, 4) is 23.0 Å². The summed E-state index contributed by atoms with van der Waals surface area (Å²) in [7, 11) is 4.02. The molecule has 27 nitrogen and oxygen atoms in total. The van der Waals surface area contributed by atoms with Crippen LogP contribution in [0.15, 0.2) is 72.8 Å². The Balaban J connectivity index is 1.59. The molecule has 0 saturated carbocycles. The van der Waals surface area contributed by atoms with Crippen molar-refractivity contribution in [3.63, 3.8) is 0 Å². The molecule has 4 rings (SSSR count). The molecule has 0 fully saturated rings. The van der Waals surface area contributed by atoms with Crippen LogP contribution in [0.4, 0.5) is 22.7 Å². The molecule has 0 saturated heterocycles. The van der Waals surface area contributed by atoms with Gasteiger partial charge in [0.15, 0.2) is 6.61 Å². The minimum absolute atomic E-state index is 0.00927. The Morgan fingerprint density at radius 3 is 1.05 bits per heavy atom. The molecule has 84 heavy (non-hydrogen) atoms. The Morgan fingerprint density at radius 1 is 0.429 bits per heavy atom. The SMILES string of the molecule is COc1ccc(NC(=O)C(CCCCN)NC(=O)c2cc(NC(=O)C(CCCCN)NC(=O)c3cc(NC(=O)C(CCCCN)NC(=O)c4cc(NC(=O)C(N)CCCCN)ccc4OC)ccc3OC)ccc2OCC(=O)O)cc1C(N)=O. The van der Waals surface area contributed by atoms with E-state index in [0.29, 0.717) is 70.9 Å². The monoisotopic (exact) mass is 1170 g/mol. The fraction of sp³-hybridized carbons (Fsp3) is 0.421. The van der Waals surface area contributed by atoms with Gasteiger partial charge in [-0.2, -0.15) is 0 Å². The van der Waals surface area contributed by atoms with Crippen LogP contribution in [0.2, 0.25) is 0 Å². The number of nitrogens with two attached hydrogens (primary N) is 6. The van der Waals surface area contributed by atoms with E-state index < -0.39 is 84.0 Å². The summed E-state index contributed by atoms with van der Waals surface area (Å²) in [6.45, 7) is 0.479. The summed E-state index contributed by atoms with van der Waals surface area (Å²) >= 11 is 0. The lowest BCUT2D eigenvalue weighted by Gasteiger charge is -2.22. The molecule has 0 aromatic heterocycles. The highest BCUT2D eigenvalue weighted by Gasteiger charge is 2.29. The van der Waals surface area contributed by atoms with Crippen molar-refractivity contribution in [2.24, 2.45) is 34.4 Å². The normalized spacial score (nSPS) is 12.2. The number of methoxy groups -OCH3 is 3. The van der Waals surface area contributed by atoms with E-state index in [0.717, 1.165) is 0 Å². The zero-order valence-corrected chi connectivity index (χ0v) is 47.5. The molecule has 456 valence electrons. The smallest absolute Gasteiger partial charge is 0.341 e. The number of carboxylic acids is 1. The zero-order chi connectivity index (χ0) is 61.7. The Hall–Kier alpha value is -8.89. The van der Waals surface area contributed by atoms with Gasteiger partial charge in [-0.05, 0) is 170 Å². The molecule has 0 spiro atoms. The number of unbranched alkanes of at least 4 members (excludes halogenated alkanes) is 4. The maximum Gasteiger partial charge on any atom is 0.341 e. The number of carbonyl (C=O) groups is 9. The third kappa shape index (κ3) is 21.1. The average molecular weight is 1170 g/mol. The second kappa shape index (κ2) is 35.2. The van der Waals surface area contributed by atoms with Crippen LogP contribution < -0.4 is 90.6 Å². The van der Waals surface area contributed by atoms with Crippen molar-refractivity contribution < 1.29 is 67.2 Å². The van der Waals surface area contributed by atoms with Gasteiger partial charge in [0.05, 0.1) is 49.6 Å². The van der Waals surface area contributed by atoms with Gasteiger partial charge >= 0.3 is 5.97 Å². The van der Waals surface area contributed by atoms with E-state index in [1.54, 1.807) is 6.07 Å². The predicted molar refractivity (Wildman–Crippen MR) is 315 cm³/mol. The highest BCUT2D eigenvalue weighted by atomic mass is 16.5. The van der Waals surface area contributed by atoms with Crippen LogP contribution in [0.3, 0.4) is 0 Å². The van der Waals surface area contributed by atoms with Gasteiger partial charge in [0.1, 0.15) is 41.1 Å². The fourth-order valence-electron chi connectivity index (χ4n) is 8.51. The number of primary amides is 1. The van der Waals surface area contributed by atoms with E-state index in [1.807, 2.05) is 0 Å². The third-order valence-corrected chi connectivity index (χ3v) is 13.0. The molecule has 4 unspecified atom stereocenters. The van der Waals surface area contributed by atoms with Crippen molar-refractivity contribution in [2.45, 2.75) is 101 Å². The number of carboxylic acid groups (broad SMARTS) is 1. The van der Waals surface area contributed by atoms with Crippen molar-refractivity contribution in [1.29, 1.82) is 0 Å². The van der Waals surface area contributed by atoms with Crippen LogP contribution in [0, 0.1) is 0 Å². The largest absolute Gasteiger partial charge is 0.496 e. The Kier molecular flexibility index (Phi) is 28.3. The molecule has 0 aliphatic rings. The molecule has 0 aliphatic heterocycles. The molecular weight excluding hydrogens is 1090 g/mol. The maximum absolute atomic E-state index is 14.3. The van der Waals surface area contributed by atoms with Crippen LogP contribution >= 0.6 is 0 Å². The second-order valence-corrected chi connectivity index (χ2v) is 19.3. The van der Waals surface area contributed by atoms with Gasteiger partial charge in [-0.15, -0.1) is 0 Å². The first-order valence-corrected chi connectivity index (χ1v) is 27.4. The molecule has 27 heteroatoms. The first-order valence-electron chi connectivity index (χ1n) is 27.4. The van der Waals surface area contributed by atoms with Gasteiger partial charge in [0.25, 0.3) is 23.6 Å². The van der Waals surface area contributed by atoms with Crippen molar-refractivity contribution >= 4 is 76.0 Å². The summed E-state index contributed by atoms with van der Waals surface area (Å²) in [6.07, 6.45) is 4.77. The molecule has 4 aromatic carbocycles. The molecule has 0 heterocycles. The van der Waals surface area contributed by atoms with Crippen LogP contribution in [-0.2, 0) is 24.0 Å². The number of ether oxygens (including phenoxy) is 4. The van der Waals surface area contributed by atoms with Crippen molar-refractivity contribution in [3.05, 3.63) is 95.1 Å². The highest BCUT2D eigenvalue weighted by molar-refractivity contribution is 6.07. The molecule has 4 aromatic rings. The lowest BCUT2D eigenvalue weighted by Crippen LogP contribution is -2.44. The van der Waals surface area contributed by atoms with Gasteiger partial charge in [0.2, 0.25) is 23.6 Å². The predicted octanol–water partition coefficient (Wildman–Crippen LogP) is 2.27. The van der Waals surface area contributed by atoms with Crippen LogP contribution in [0.5, 0.6) is 23.0 Å². The first kappa shape index (κ1) is 67.6. The van der Waals surface area contributed by atoms with Crippen molar-refractivity contribution in [1.82, 2.24) is 16.0 Å². The van der Waals surface area contributed by atoms with E-state index in [4.69, 9.17) is 53.3 Å². The summed E-state index contributed by atoms with van der Waals surface area (Å²) in [5, 5.41) is 28.4. The molecule has 0 aliphatic carbocycles. The van der Waals surface area contributed by atoms with E-state index in [9.17, 15) is 48.3 Å². The molecule has 0 radical (unpaired) electrons.